The van der Waals surface area contributed by atoms with Crippen LogP contribution >= 0.6 is 23.8 Å². The van der Waals surface area contributed by atoms with Crippen LogP contribution in [0.5, 0.6) is 17.2 Å². The van der Waals surface area contributed by atoms with Gasteiger partial charge < -0.3 is 14.2 Å². The van der Waals surface area contributed by atoms with Crippen molar-refractivity contribution in [3.63, 3.8) is 0 Å². The van der Waals surface area contributed by atoms with Crippen LogP contribution in [0.15, 0.2) is 41.5 Å². The molecule has 0 spiro atoms. The number of hydrogen-bond acceptors (Lipinski definition) is 6. The molecule has 0 aliphatic carbocycles. The molecule has 0 fully saturated rings. The largest absolute Gasteiger partial charge is 0.493 e. The maximum Gasteiger partial charge on any atom is 0.216 e. The molecule has 9 heteroatoms. The molecule has 2 aromatic carbocycles. The third-order valence-electron chi connectivity index (χ3n) is 3.79. The van der Waals surface area contributed by atoms with E-state index in [9.17, 15) is 0 Å². The van der Waals surface area contributed by atoms with Crippen LogP contribution in [-0.4, -0.2) is 42.4 Å². The molecule has 0 bridgehead atoms. The van der Waals surface area contributed by atoms with E-state index >= 15 is 0 Å². The van der Waals surface area contributed by atoms with Crippen molar-refractivity contribution < 1.29 is 14.2 Å². The zero-order valence-electron chi connectivity index (χ0n) is 14.9. The first-order valence-corrected chi connectivity index (χ1v) is 8.64. The summed E-state index contributed by atoms with van der Waals surface area (Å²) in [5.74, 6) is 1.98. The Bertz CT molecular complexity index is 1020. The van der Waals surface area contributed by atoms with Crippen molar-refractivity contribution >= 4 is 30.0 Å². The number of aromatic amines is 1. The van der Waals surface area contributed by atoms with E-state index < -0.39 is 0 Å². The summed E-state index contributed by atoms with van der Waals surface area (Å²) in [6.45, 7) is 0. The van der Waals surface area contributed by atoms with E-state index in [4.69, 9.17) is 38.0 Å². The normalized spacial score (nSPS) is 11.0. The summed E-state index contributed by atoms with van der Waals surface area (Å²) >= 11 is 11.5. The average Bonchev–Trinajstić information content (AvgIpc) is 3.06. The van der Waals surface area contributed by atoms with Crippen molar-refractivity contribution in [3.8, 4) is 28.6 Å². The fourth-order valence-corrected chi connectivity index (χ4v) is 2.86. The summed E-state index contributed by atoms with van der Waals surface area (Å²) in [6.07, 6.45) is 1.62. The first-order chi connectivity index (χ1) is 13.1. The van der Waals surface area contributed by atoms with Gasteiger partial charge >= 0.3 is 0 Å². The molecule has 0 unspecified atom stereocenters. The van der Waals surface area contributed by atoms with Crippen LogP contribution in [0, 0.1) is 4.77 Å². The lowest BCUT2D eigenvalue weighted by Crippen LogP contribution is -1.99. The third kappa shape index (κ3) is 3.81. The Hall–Kier alpha value is -2.84. The number of halogens is 1. The monoisotopic (exact) mass is 404 g/mol. The van der Waals surface area contributed by atoms with Crippen LogP contribution in [0.4, 0.5) is 0 Å². The zero-order chi connectivity index (χ0) is 19.4. The third-order valence-corrected chi connectivity index (χ3v) is 4.40. The maximum absolute atomic E-state index is 6.18. The average molecular weight is 405 g/mol. The van der Waals surface area contributed by atoms with Gasteiger partial charge in [0.25, 0.3) is 0 Å². The van der Waals surface area contributed by atoms with Crippen LogP contribution < -0.4 is 14.2 Å². The highest BCUT2D eigenvalue weighted by Gasteiger charge is 2.17. The number of methoxy groups -OCH3 is 3. The minimum absolute atomic E-state index is 0.335. The number of nitrogens with one attached hydrogen (secondary N) is 1. The zero-order valence-corrected chi connectivity index (χ0v) is 16.5. The number of rotatable bonds is 6. The first-order valence-electron chi connectivity index (χ1n) is 7.85. The smallest absolute Gasteiger partial charge is 0.216 e. The number of H-pyrrole nitrogens is 1. The Morgan fingerprint density at radius 1 is 1.11 bits per heavy atom. The molecule has 1 heterocycles. The number of hydrogen-bond donors (Lipinski definition) is 1. The molecule has 7 nitrogen and oxygen atoms in total. The minimum atomic E-state index is 0.335. The van der Waals surface area contributed by atoms with E-state index in [0.717, 1.165) is 5.56 Å². The Morgan fingerprint density at radius 2 is 1.78 bits per heavy atom. The molecule has 27 heavy (non-hydrogen) atoms. The molecule has 0 atom stereocenters. The molecule has 3 aromatic rings. The van der Waals surface area contributed by atoms with Gasteiger partial charge in [-0.2, -0.15) is 14.9 Å². The van der Waals surface area contributed by atoms with Gasteiger partial charge in [0, 0.05) is 16.1 Å². The van der Waals surface area contributed by atoms with Gasteiger partial charge in [0.2, 0.25) is 10.5 Å². The number of nitrogens with zero attached hydrogens (tertiary/aromatic N) is 3. The summed E-state index contributed by atoms with van der Waals surface area (Å²) in [5.41, 5.74) is 1.45. The molecule has 0 aliphatic heterocycles. The lowest BCUT2D eigenvalue weighted by atomic mass is 10.1. The van der Waals surface area contributed by atoms with Gasteiger partial charge in [-0.05, 0) is 30.4 Å². The molecular formula is C18H17ClN4O3S. The van der Waals surface area contributed by atoms with Crippen molar-refractivity contribution in [1.29, 1.82) is 0 Å². The fraction of sp³-hybridized carbons (Fsp3) is 0.167. The lowest BCUT2D eigenvalue weighted by Gasteiger charge is -2.13. The summed E-state index contributed by atoms with van der Waals surface area (Å²) in [5, 5.41) is 12.0. The maximum atomic E-state index is 6.18. The predicted octanol–water partition coefficient (Wildman–Crippen LogP) is 4.17. The van der Waals surface area contributed by atoms with Gasteiger partial charge in [0.1, 0.15) is 0 Å². The Kier molecular flexibility index (Phi) is 5.78. The molecule has 140 valence electrons. The number of benzene rings is 2. The predicted molar refractivity (Wildman–Crippen MR) is 107 cm³/mol. The Labute approximate surface area is 166 Å². The van der Waals surface area contributed by atoms with E-state index in [2.05, 4.69) is 15.3 Å². The van der Waals surface area contributed by atoms with Crippen molar-refractivity contribution in [1.82, 2.24) is 14.9 Å². The van der Waals surface area contributed by atoms with Gasteiger partial charge in [-0.25, -0.2) is 5.10 Å². The standard InChI is InChI=1S/C18H17ClN4O3S/c1-24-14-8-12(9-15(25-2)16(14)26-3)17-21-22-18(27)23(17)20-10-11-6-4-5-7-13(11)19/h4-10H,1-3H3,(H,22,27)/b20-10-. The Morgan fingerprint density at radius 3 is 2.37 bits per heavy atom. The van der Waals surface area contributed by atoms with Gasteiger partial charge in [0.05, 0.1) is 27.5 Å². The number of aromatic nitrogens is 3. The van der Waals surface area contributed by atoms with Gasteiger partial charge in [-0.3, -0.25) is 0 Å². The highest BCUT2D eigenvalue weighted by Crippen LogP contribution is 2.40. The van der Waals surface area contributed by atoms with Gasteiger partial charge in [-0.15, -0.1) is 0 Å². The van der Waals surface area contributed by atoms with Crippen LogP contribution in [0.3, 0.4) is 0 Å². The van der Waals surface area contributed by atoms with E-state index in [1.54, 1.807) is 45.7 Å². The van der Waals surface area contributed by atoms with Crippen molar-refractivity contribution in [2.45, 2.75) is 0 Å². The second-order valence-corrected chi connectivity index (χ2v) is 6.14. The van der Waals surface area contributed by atoms with E-state index in [0.29, 0.717) is 38.4 Å². The highest BCUT2D eigenvalue weighted by atomic mass is 35.5. The summed E-state index contributed by atoms with van der Waals surface area (Å²) in [4.78, 5) is 0. The van der Waals surface area contributed by atoms with Crippen molar-refractivity contribution in [3.05, 3.63) is 51.8 Å². The number of ether oxygens (including phenoxy) is 3. The fourth-order valence-electron chi connectivity index (χ4n) is 2.50. The summed E-state index contributed by atoms with van der Waals surface area (Å²) in [6, 6.07) is 10.9. The van der Waals surface area contributed by atoms with E-state index in [1.165, 1.54) is 4.68 Å². The quantitative estimate of drug-likeness (QED) is 0.493. The van der Waals surface area contributed by atoms with E-state index in [-0.39, 0.29) is 0 Å². The molecular weight excluding hydrogens is 388 g/mol. The SMILES string of the molecule is COc1cc(-c2n[nH]c(=S)n2/N=C\c2ccccc2Cl)cc(OC)c1OC. The molecule has 0 saturated carbocycles. The highest BCUT2D eigenvalue weighted by molar-refractivity contribution is 7.71. The van der Waals surface area contributed by atoms with Crippen molar-refractivity contribution in [2.24, 2.45) is 5.10 Å². The lowest BCUT2D eigenvalue weighted by molar-refractivity contribution is 0.324. The minimum Gasteiger partial charge on any atom is -0.493 e. The Balaban J connectivity index is 2.10. The molecule has 0 amide bonds. The second kappa shape index (κ2) is 8.24. The van der Waals surface area contributed by atoms with Gasteiger partial charge in [0.15, 0.2) is 17.3 Å². The first kappa shape index (κ1) is 18.9. The van der Waals surface area contributed by atoms with Crippen LogP contribution in [-0.2, 0) is 0 Å². The molecule has 1 aromatic heterocycles. The van der Waals surface area contributed by atoms with Gasteiger partial charge in [-0.1, -0.05) is 29.8 Å². The molecule has 1 N–H and O–H groups in total. The summed E-state index contributed by atoms with van der Waals surface area (Å²) in [7, 11) is 4.64. The second-order valence-electron chi connectivity index (χ2n) is 5.34. The molecule has 0 radical (unpaired) electrons. The molecule has 0 saturated heterocycles. The summed E-state index contributed by atoms with van der Waals surface area (Å²) < 4.78 is 18.0. The molecule has 3 rings (SSSR count). The van der Waals surface area contributed by atoms with E-state index in [1.807, 2.05) is 18.2 Å². The van der Waals surface area contributed by atoms with Crippen LogP contribution in [0.25, 0.3) is 11.4 Å². The van der Waals surface area contributed by atoms with Crippen LogP contribution in [0.2, 0.25) is 5.02 Å². The topological polar surface area (TPSA) is 73.7 Å². The van der Waals surface area contributed by atoms with Crippen molar-refractivity contribution in [2.75, 3.05) is 21.3 Å². The molecule has 0 aliphatic rings. The van der Waals surface area contributed by atoms with Crippen LogP contribution in [0.1, 0.15) is 5.56 Å².